The standard InChI is InChI=1S/C13H15N3O4/c1-16-8-9(6-15-16)2-5-12(17)14-7-10-3-4-11(20-10)13(18)19/h3-4,6,8H,2,5,7H2,1H3,(H,14,17)(H,18,19). The number of carboxylic acid groups (broad SMARTS) is 1. The topological polar surface area (TPSA) is 97.4 Å². The number of aryl methyl sites for hydroxylation is 2. The molecule has 2 N–H and O–H groups in total. The van der Waals surface area contributed by atoms with Crippen LogP contribution in [0.4, 0.5) is 0 Å². The number of furan rings is 1. The lowest BCUT2D eigenvalue weighted by atomic mass is 10.2. The Balaban J connectivity index is 1.75. The molecule has 20 heavy (non-hydrogen) atoms. The number of carbonyl (C=O) groups excluding carboxylic acids is 1. The minimum absolute atomic E-state index is 0.123. The normalized spacial score (nSPS) is 10.4. The van der Waals surface area contributed by atoms with E-state index in [0.717, 1.165) is 5.56 Å². The second-order valence-corrected chi connectivity index (χ2v) is 4.37. The summed E-state index contributed by atoms with van der Waals surface area (Å²) in [6.07, 6.45) is 4.54. The summed E-state index contributed by atoms with van der Waals surface area (Å²) in [5, 5.41) is 15.4. The van der Waals surface area contributed by atoms with Gasteiger partial charge in [0.05, 0.1) is 12.7 Å². The van der Waals surface area contributed by atoms with Crippen LogP contribution in [0.25, 0.3) is 0 Å². The Hall–Kier alpha value is -2.57. The highest BCUT2D eigenvalue weighted by Gasteiger charge is 2.10. The third kappa shape index (κ3) is 3.71. The average molecular weight is 277 g/mol. The maximum atomic E-state index is 11.6. The Kier molecular flexibility index (Phi) is 4.19. The van der Waals surface area contributed by atoms with Gasteiger partial charge in [-0.25, -0.2) is 4.79 Å². The minimum atomic E-state index is -1.13. The van der Waals surface area contributed by atoms with Crippen molar-refractivity contribution >= 4 is 11.9 Å². The van der Waals surface area contributed by atoms with Gasteiger partial charge in [0.2, 0.25) is 11.7 Å². The van der Waals surface area contributed by atoms with Crippen LogP contribution in [0, 0.1) is 0 Å². The van der Waals surface area contributed by atoms with Gasteiger partial charge in [0.15, 0.2) is 0 Å². The van der Waals surface area contributed by atoms with Crippen molar-refractivity contribution < 1.29 is 19.1 Å². The maximum Gasteiger partial charge on any atom is 0.371 e. The summed E-state index contributed by atoms with van der Waals surface area (Å²) in [6.45, 7) is 0.180. The number of rotatable bonds is 6. The molecular weight excluding hydrogens is 262 g/mol. The third-order valence-electron chi connectivity index (χ3n) is 2.73. The molecule has 0 fully saturated rings. The molecule has 0 saturated carbocycles. The van der Waals surface area contributed by atoms with Crippen molar-refractivity contribution in [1.82, 2.24) is 15.1 Å². The van der Waals surface area contributed by atoms with Gasteiger partial charge in [0, 0.05) is 19.7 Å². The second kappa shape index (κ2) is 6.05. The number of nitrogens with zero attached hydrogens (tertiary/aromatic N) is 2. The minimum Gasteiger partial charge on any atom is -0.475 e. The van der Waals surface area contributed by atoms with Crippen LogP contribution in [-0.2, 0) is 24.8 Å². The number of hydrogen-bond acceptors (Lipinski definition) is 4. The van der Waals surface area contributed by atoms with Crippen LogP contribution in [-0.4, -0.2) is 26.8 Å². The number of carbonyl (C=O) groups is 2. The number of amides is 1. The third-order valence-corrected chi connectivity index (χ3v) is 2.73. The molecule has 0 saturated heterocycles. The van der Waals surface area contributed by atoms with E-state index in [1.54, 1.807) is 10.9 Å². The second-order valence-electron chi connectivity index (χ2n) is 4.37. The molecule has 0 bridgehead atoms. The molecule has 0 aliphatic rings. The summed E-state index contributed by atoms with van der Waals surface area (Å²) in [5.74, 6) is -0.969. The van der Waals surface area contributed by atoms with Gasteiger partial charge in [-0.3, -0.25) is 9.48 Å². The zero-order valence-electron chi connectivity index (χ0n) is 11.0. The molecule has 2 aromatic rings. The zero-order valence-corrected chi connectivity index (χ0v) is 11.0. The van der Waals surface area contributed by atoms with Crippen LogP contribution in [0.2, 0.25) is 0 Å². The molecule has 7 heteroatoms. The van der Waals surface area contributed by atoms with Crippen molar-refractivity contribution in [1.29, 1.82) is 0 Å². The fourth-order valence-corrected chi connectivity index (χ4v) is 1.72. The van der Waals surface area contributed by atoms with E-state index in [2.05, 4.69) is 10.4 Å². The van der Waals surface area contributed by atoms with E-state index in [9.17, 15) is 9.59 Å². The quantitative estimate of drug-likeness (QED) is 0.819. The predicted molar refractivity (Wildman–Crippen MR) is 69.0 cm³/mol. The molecule has 2 heterocycles. The number of hydrogen-bond donors (Lipinski definition) is 2. The van der Waals surface area contributed by atoms with E-state index >= 15 is 0 Å². The fourth-order valence-electron chi connectivity index (χ4n) is 1.72. The van der Waals surface area contributed by atoms with Gasteiger partial charge in [0.25, 0.3) is 0 Å². The summed E-state index contributed by atoms with van der Waals surface area (Å²) in [5.41, 5.74) is 0.994. The van der Waals surface area contributed by atoms with Crippen molar-refractivity contribution in [2.45, 2.75) is 19.4 Å². The largest absolute Gasteiger partial charge is 0.475 e. The Morgan fingerprint density at radius 1 is 1.45 bits per heavy atom. The molecule has 0 radical (unpaired) electrons. The first kappa shape index (κ1) is 13.9. The zero-order chi connectivity index (χ0) is 14.5. The summed E-state index contributed by atoms with van der Waals surface area (Å²) in [6, 6.07) is 2.89. The SMILES string of the molecule is Cn1cc(CCC(=O)NCc2ccc(C(=O)O)o2)cn1. The van der Waals surface area contributed by atoms with E-state index in [0.29, 0.717) is 18.6 Å². The van der Waals surface area contributed by atoms with E-state index in [4.69, 9.17) is 9.52 Å². The smallest absolute Gasteiger partial charge is 0.371 e. The molecule has 0 aromatic carbocycles. The van der Waals surface area contributed by atoms with Crippen LogP contribution < -0.4 is 5.32 Å². The molecule has 0 unspecified atom stereocenters. The van der Waals surface area contributed by atoms with Gasteiger partial charge >= 0.3 is 5.97 Å². The van der Waals surface area contributed by atoms with E-state index in [-0.39, 0.29) is 18.2 Å². The lowest BCUT2D eigenvalue weighted by Crippen LogP contribution is -2.22. The molecule has 1 amide bonds. The lowest BCUT2D eigenvalue weighted by molar-refractivity contribution is -0.121. The van der Waals surface area contributed by atoms with E-state index < -0.39 is 5.97 Å². The molecule has 0 spiro atoms. The highest BCUT2D eigenvalue weighted by molar-refractivity contribution is 5.84. The molecule has 2 rings (SSSR count). The van der Waals surface area contributed by atoms with Crippen LogP contribution >= 0.6 is 0 Å². The number of aromatic carboxylic acids is 1. The molecule has 2 aromatic heterocycles. The van der Waals surface area contributed by atoms with Gasteiger partial charge in [-0.05, 0) is 24.1 Å². The number of carboxylic acids is 1. The molecule has 0 aliphatic carbocycles. The summed E-state index contributed by atoms with van der Waals surface area (Å²) >= 11 is 0. The molecule has 0 atom stereocenters. The Morgan fingerprint density at radius 3 is 2.85 bits per heavy atom. The Bertz CT molecular complexity index is 615. The predicted octanol–water partition coefficient (Wildman–Crippen LogP) is 0.960. The van der Waals surface area contributed by atoms with Crippen LogP contribution in [0.1, 0.15) is 28.3 Å². The summed E-state index contributed by atoms with van der Waals surface area (Å²) in [4.78, 5) is 22.3. The first-order valence-electron chi connectivity index (χ1n) is 6.11. The van der Waals surface area contributed by atoms with Crippen molar-refractivity contribution in [2.24, 2.45) is 7.05 Å². The molecule has 0 aliphatic heterocycles. The highest BCUT2D eigenvalue weighted by atomic mass is 16.4. The monoisotopic (exact) mass is 277 g/mol. The van der Waals surface area contributed by atoms with Crippen molar-refractivity contribution in [3.8, 4) is 0 Å². The Labute approximate surface area is 115 Å². The van der Waals surface area contributed by atoms with E-state index in [1.807, 2.05) is 13.2 Å². The van der Waals surface area contributed by atoms with Gasteiger partial charge in [-0.2, -0.15) is 5.10 Å². The van der Waals surface area contributed by atoms with Crippen LogP contribution in [0.5, 0.6) is 0 Å². The number of nitrogens with one attached hydrogen (secondary N) is 1. The average Bonchev–Trinajstić information content (AvgIpc) is 3.03. The van der Waals surface area contributed by atoms with Gasteiger partial charge in [0.1, 0.15) is 5.76 Å². The summed E-state index contributed by atoms with van der Waals surface area (Å²) < 4.78 is 6.72. The molecule has 106 valence electrons. The lowest BCUT2D eigenvalue weighted by Gasteiger charge is -2.02. The van der Waals surface area contributed by atoms with E-state index in [1.165, 1.54) is 12.1 Å². The molecule has 7 nitrogen and oxygen atoms in total. The van der Waals surface area contributed by atoms with Gasteiger partial charge in [-0.15, -0.1) is 0 Å². The van der Waals surface area contributed by atoms with Crippen molar-refractivity contribution in [3.63, 3.8) is 0 Å². The van der Waals surface area contributed by atoms with Gasteiger partial charge in [-0.1, -0.05) is 0 Å². The summed E-state index contributed by atoms with van der Waals surface area (Å²) in [7, 11) is 1.82. The van der Waals surface area contributed by atoms with Crippen molar-refractivity contribution in [3.05, 3.63) is 41.6 Å². The first-order chi connectivity index (χ1) is 9.54. The Morgan fingerprint density at radius 2 is 2.25 bits per heavy atom. The van der Waals surface area contributed by atoms with Crippen molar-refractivity contribution in [2.75, 3.05) is 0 Å². The highest BCUT2D eigenvalue weighted by Crippen LogP contribution is 2.07. The van der Waals surface area contributed by atoms with Crippen LogP contribution in [0.15, 0.2) is 28.9 Å². The fraction of sp³-hybridized carbons (Fsp3) is 0.308. The maximum absolute atomic E-state index is 11.6. The van der Waals surface area contributed by atoms with Crippen LogP contribution in [0.3, 0.4) is 0 Å². The first-order valence-corrected chi connectivity index (χ1v) is 6.11. The molecular formula is C13H15N3O4. The number of aromatic nitrogens is 2. The van der Waals surface area contributed by atoms with Gasteiger partial charge < -0.3 is 14.8 Å².